The van der Waals surface area contributed by atoms with Gasteiger partial charge in [-0.1, -0.05) is 12.1 Å². The number of benzene rings is 1. The zero-order valence-corrected chi connectivity index (χ0v) is 12.5. The fourth-order valence-electron chi connectivity index (χ4n) is 2.68. The predicted molar refractivity (Wildman–Crippen MR) is 81.4 cm³/mol. The standard InChI is InChI=1S/C16H18N4O2/c1-22-15-8-13-10-20(6-5-14(13)18-19-15)9-11-3-2-4-12(7-11)16(17)21/h2-4,7-8H,5-6,9-10H2,1H3,(H2,17,21). The minimum atomic E-state index is -0.397. The highest BCUT2D eigenvalue weighted by Gasteiger charge is 2.19. The molecule has 1 aromatic heterocycles. The molecule has 0 radical (unpaired) electrons. The molecule has 1 aromatic carbocycles. The molecule has 0 saturated carbocycles. The second kappa shape index (κ2) is 6.11. The van der Waals surface area contributed by atoms with Crippen LogP contribution in [0.2, 0.25) is 0 Å². The van der Waals surface area contributed by atoms with Gasteiger partial charge in [0.05, 0.1) is 12.8 Å². The second-order valence-electron chi connectivity index (χ2n) is 5.38. The summed E-state index contributed by atoms with van der Waals surface area (Å²) in [5.74, 6) is 0.141. The van der Waals surface area contributed by atoms with Crippen molar-refractivity contribution in [2.75, 3.05) is 13.7 Å². The predicted octanol–water partition coefficient (Wildman–Crippen LogP) is 1.14. The Labute approximate surface area is 128 Å². The first-order valence-corrected chi connectivity index (χ1v) is 7.16. The van der Waals surface area contributed by atoms with Gasteiger partial charge in [-0.3, -0.25) is 9.69 Å². The maximum atomic E-state index is 11.3. The van der Waals surface area contributed by atoms with Crippen molar-refractivity contribution < 1.29 is 9.53 Å². The average molecular weight is 298 g/mol. The lowest BCUT2D eigenvalue weighted by atomic mass is 10.0. The molecule has 0 saturated heterocycles. The molecule has 6 nitrogen and oxygen atoms in total. The highest BCUT2D eigenvalue weighted by atomic mass is 16.5. The number of ether oxygens (including phenoxy) is 1. The molecule has 1 amide bonds. The molecule has 3 rings (SSSR count). The van der Waals surface area contributed by atoms with Crippen LogP contribution in [0.25, 0.3) is 0 Å². The van der Waals surface area contributed by atoms with Crippen LogP contribution in [0.5, 0.6) is 5.88 Å². The van der Waals surface area contributed by atoms with Crippen molar-refractivity contribution in [3.8, 4) is 5.88 Å². The zero-order chi connectivity index (χ0) is 15.5. The minimum absolute atomic E-state index is 0.397. The van der Waals surface area contributed by atoms with Crippen LogP contribution in [0.15, 0.2) is 30.3 Å². The molecule has 2 N–H and O–H groups in total. The molecule has 1 aliphatic rings. The van der Waals surface area contributed by atoms with Gasteiger partial charge < -0.3 is 10.5 Å². The third-order valence-corrected chi connectivity index (χ3v) is 3.82. The van der Waals surface area contributed by atoms with E-state index in [9.17, 15) is 4.79 Å². The van der Waals surface area contributed by atoms with Gasteiger partial charge in [-0.05, 0) is 23.3 Å². The van der Waals surface area contributed by atoms with E-state index in [0.29, 0.717) is 11.4 Å². The third kappa shape index (κ3) is 3.07. The fourth-order valence-corrected chi connectivity index (χ4v) is 2.68. The van der Waals surface area contributed by atoms with Crippen LogP contribution in [-0.4, -0.2) is 34.7 Å². The van der Waals surface area contributed by atoms with Gasteiger partial charge in [-0.2, -0.15) is 5.10 Å². The molecular weight excluding hydrogens is 280 g/mol. The van der Waals surface area contributed by atoms with Crippen molar-refractivity contribution in [3.63, 3.8) is 0 Å². The number of rotatable bonds is 4. The molecule has 2 aromatic rings. The van der Waals surface area contributed by atoms with Gasteiger partial charge in [0.2, 0.25) is 11.8 Å². The van der Waals surface area contributed by atoms with E-state index < -0.39 is 5.91 Å². The van der Waals surface area contributed by atoms with Gasteiger partial charge in [-0.25, -0.2) is 0 Å². The van der Waals surface area contributed by atoms with Gasteiger partial charge in [0.25, 0.3) is 0 Å². The van der Waals surface area contributed by atoms with E-state index in [1.165, 1.54) is 0 Å². The number of methoxy groups -OCH3 is 1. The van der Waals surface area contributed by atoms with Gasteiger partial charge in [0, 0.05) is 37.7 Å². The number of carbonyl (C=O) groups excluding carboxylic acids is 1. The van der Waals surface area contributed by atoms with Crippen molar-refractivity contribution >= 4 is 5.91 Å². The lowest BCUT2D eigenvalue weighted by Crippen LogP contribution is -2.31. The summed E-state index contributed by atoms with van der Waals surface area (Å²) in [6.45, 7) is 2.47. The number of carbonyl (C=O) groups is 1. The molecule has 0 aliphatic carbocycles. The largest absolute Gasteiger partial charge is 0.480 e. The van der Waals surface area contributed by atoms with Crippen LogP contribution in [0.1, 0.15) is 27.2 Å². The number of hydrogen-bond acceptors (Lipinski definition) is 5. The van der Waals surface area contributed by atoms with Crippen LogP contribution in [0, 0.1) is 0 Å². The molecule has 6 heteroatoms. The summed E-state index contributed by atoms with van der Waals surface area (Å²) in [6, 6.07) is 9.39. The Kier molecular flexibility index (Phi) is 4.02. The van der Waals surface area contributed by atoms with Gasteiger partial charge in [0.15, 0.2) is 0 Å². The first-order valence-electron chi connectivity index (χ1n) is 7.16. The quantitative estimate of drug-likeness (QED) is 0.915. The van der Waals surface area contributed by atoms with E-state index in [4.69, 9.17) is 10.5 Å². The van der Waals surface area contributed by atoms with E-state index in [2.05, 4.69) is 15.1 Å². The Morgan fingerprint density at radius 1 is 1.36 bits per heavy atom. The summed E-state index contributed by atoms with van der Waals surface area (Å²) in [5, 5.41) is 8.21. The number of aromatic nitrogens is 2. The van der Waals surface area contributed by atoms with Crippen LogP contribution in [-0.2, 0) is 19.5 Å². The number of fused-ring (bicyclic) bond motifs is 1. The Bertz CT molecular complexity index is 702. The van der Waals surface area contributed by atoms with Crippen molar-refractivity contribution in [2.45, 2.75) is 19.5 Å². The first kappa shape index (κ1) is 14.5. The first-order chi connectivity index (χ1) is 10.7. The Balaban J connectivity index is 1.74. The monoisotopic (exact) mass is 298 g/mol. The lowest BCUT2D eigenvalue weighted by Gasteiger charge is -2.28. The topological polar surface area (TPSA) is 81.3 Å². The fraction of sp³-hybridized carbons (Fsp3) is 0.312. The van der Waals surface area contributed by atoms with Crippen molar-refractivity contribution in [3.05, 3.63) is 52.7 Å². The highest BCUT2D eigenvalue weighted by molar-refractivity contribution is 5.92. The summed E-state index contributed by atoms with van der Waals surface area (Å²) in [5.41, 5.74) is 9.12. The van der Waals surface area contributed by atoms with Crippen LogP contribution >= 0.6 is 0 Å². The van der Waals surface area contributed by atoms with E-state index in [1.807, 2.05) is 24.3 Å². The van der Waals surface area contributed by atoms with Crippen LogP contribution in [0.3, 0.4) is 0 Å². The summed E-state index contributed by atoms with van der Waals surface area (Å²) in [7, 11) is 1.59. The van der Waals surface area contributed by atoms with Gasteiger partial charge >= 0.3 is 0 Å². The Morgan fingerprint density at radius 2 is 2.23 bits per heavy atom. The van der Waals surface area contributed by atoms with E-state index >= 15 is 0 Å². The number of nitrogens with zero attached hydrogens (tertiary/aromatic N) is 3. The zero-order valence-electron chi connectivity index (χ0n) is 12.5. The molecule has 2 heterocycles. The van der Waals surface area contributed by atoms with Crippen molar-refractivity contribution in [1.29, 1.82) is 0 Å². The van der Waals surface area contributed by atoms with Crippen LogP contribution in [0.4, 0.5) is 0 Å². The van der Waals surface area contributed by atoms with E-state index in [1.54, 1.807) is 13.2 Å². The molecule has 1 aliphatic heterocycles. The van der Waals surface area contributed by atoms with Gasteiger partial charge in [0.1, 0.15) is 0 Å². The average Bonchev–Trinajstić information content (AvgIpc) is 2.54. The summed E-state index contributed by atoms with van der Waals surface area (Å²) < 4.78 is 5.13. The van der Waals surface area contributed by atoms with Crippen molar-refractivity contribution in [1.82, 2.24) is 15.1 Å². The van der Waals surface area contributed by atoms with Gasteiger partial charge in [-0.15, -0.1) is 5.10 Å². The van der Waals surface area contributed by atoms with Crippen LogP contribution < -0.4 is 10.5 Å². The second-order valence-corrected chi connectivity index (χ2v) is 5.38. The van der Waals surface area contributed by atoms with E-state index in [0.717, 1.165) is 42.9 Å². The summed E-state index contributed by atoms with van der Waals surface area (Å²) in [4.78, 5) is 13.6. The number of nitrogens with two attached hydrogens (primary N) is 1. The molecule has 0 unspecified atom stereocenters. The molecule has 0 spiro atoms. The lowest BCUT2D eigenvalue weighted by molar-refractivity contribution is 0.1000. The molecule has 22 heavy (non-hydrogen) atoms. The number of hydrogen-bond donors (Lipinski definition) is 1. The molecule has 0 atom stereocenters. The SMILES string of the molecule is COc1cc2c(nn1)CCN(Cc1cccc(C(N)=O)c1)C2. The Morgan fingerprint density at radius 3 is 3.00 bits per heavy atom. The summed E-state index contributed by atoms with van der Waals surface area (Å²) >= 11 is 0. The number of primary amides is 1. The maximum absolute atomic E-state index is 11.3. The summed E-state index contributed by atoms with van der Waals surface area (Å²) in [6.07, 6.45) is 0.863. The number of amides is 1. The Hall–Kier alpha value is -2.47. The highest BCUT2D eigenvalue weighted by Crippen LogP contribution is 2.21. The third-order valence-electron chi connectivity index (χ3n) is 3.82. The maximum Gasteiger partial charge on any atom is 0.248 e. The van der Waals surface area contributed by atoms with E-state index in [-0.39, 0.29) is 0 Å². The van der Waals surface area contributed by atoms with Crippen molar-refractivity contribution in [2.24, 2.45) is 5.73 Å². The molecular formula is C16H18N4O2. The minimum Gasteiger partial charge on any atom is -0.480 e. The molecule has 0 bridgehead atoms. The normalized spacial score (nSPS) is 14.4. The smallest absolute Gasteiger partial charge is 0.248 e. The molecule has 114 valence electrons. The molecule has 0 fully saturated rings.